The Hall–Kier alpha value is -4.99. The summed E-state index contributed by atoms with van der Waals surface area (Å²) in [5.41, 5.74) is -0.533. The summed E-state index contributed by atoms with van der Waals surface area (Å²) in [6.45, 7) is 2.09. The topological polar surface area (TPSA) is 233 Å². The first kappa shape index (κ1) is 34.9. The van der Waals surface area contributed by atoms with Crippen LogP contribution in [0.25, 0.3) is 0 Å². The summed E-state index contributed by atoms with van der Waals surface area (Å²) in [5, 5.41) is 52.1. The van der Waals surface area contributed by atoms with Gasteiger partial charge in [0.15, 0.2) is 29.8 Å². The van der Waals surface area contributed by atoms with Crippen molar-refractivity contribution in [1.82, 2.24) is 0 Å². The van der Waals surface area contributed by atoms with Gasteiger partial charge >= 0.3 is 29.8 Å². The number of hydrogen-bond donors (Lipinski definition) is 5. The predicted molar refractivity (Wildman–Crippen MR) is 165 cm³/mol. The Bertz CT molecular complexity index is 1750. The summed E-state index contributed by atoms with van der Waals surface area (Å²) >= 11 is 0. The maximum atomic E-state index is 13.3. The van der Waals surface area contributed by atoms with Gasteiger partial charge in [-0.1, -0.05) is 43.3 Å². The minimum atomic E-state index is -2.60. The predicted octanol–water partition coefficient (Wildman–Crippen LogP) is 1.34. The Morgan fingerprint density at radius 2 is 1.66 bits per heavy atom. The van der Waals surface area contributed by atoms with E-state index in [1.807, 2.05) is 6.07 Å². The fraction of sp³-hybridized carbons (Fsp3) is 0.457. The van der Waals surface area contributed by atoms with Gasteiger partial charge in [0.25, 0.3) is 0 Å². The molecule has 15 nitrogen and oxygen atoms in total. The van der Waals surface area contributed by atoms with Crippen LogP contribution in [0.2, 0.25) is 0 Å². The molecule has 3 aliphatic carbocycles. The number of esters is 3. The average molecular weight is 697 g/mol. The van der Waals surface area contributed by atoms with E-state index in [2.05, 4.69) is 6.92 Å². The molecule has 6 rings (SSSR count). The van der Waals surface area contributed by atoms with Crippen molar-refractivity contribution >= 4 is 29.8 Å². The van der Waals surface area contributed by atoms with E-state index < -0.39 is 77.8 Å². The minimum Gasteiger partial charge on any atom is -0.493 e. The van der Waals surface area contributed by atoms with Crippen LogP contribution in [-0.2, 0) is 50.0 Å². The van der Waals surface area contributed by atoms with Gasteiger partial charge in [-0.05, 0) is 55.2 Å². The number of ether oxygens (including phenoxy) is 5. The van der Waals surface area contributed by atoms with E-state index in [0.29, 0.717) is 24.3 Å². The van der Waals surface area contributed by atoms with E-state index in [4.69, 9.17) is 28.8 Å². The molecular weight excluding hydrogens is 660 g/mol. The Kier molecular flexibility index (Phi) is 9.09. The molecule has 0 radical (unpaired) electrons. The monoisotopic (exact) mass is 696 g/mol. The van der Waals surface area contributed by atoms with Gasteiger partial charge in [0.05, 0.1) is 24.5 Å². The van der Waals surface area contributed by atoms with Crippen molar-refractivity contribution < 1.29 is 73.2 Å². The average Bonchev–Trinajstić information content (AvgIpc) is 3.45. The molecule has 9 atom stereocenters. The van der Waals surface area contributed by atoms with Gasteiger partial charge in [-0.25, -0.2) is 19.2 Å². The number of hydrogen-bond acceptors (Lipinski definition) is 13. The van der Waals surface area contributed by atoms with E-state index in [0.717, 1.165) is 17.5 Å². The first-order chi connectivity index (χ1) is 23.7. The number of aliphatic hydroxyl groups is 3. The summed E-state index contributed by atoms with van der Waals surface area (Å²) in [7, 11) is 1.48. The van der Waals surface area contributed by atoms with Gasteiger partial charge in [-0.2, -0.15) is 0 Å². The summed E-state index contributed by atoms with van der Waals surface area (Å²) in [5.74, 6) is -7.10. The zero-order chi connectivity index (χ0) is 36.1. The largest absolute Gasteiger partial charge is 0.493 e. The van der Waals surface area contributed by atoms with E-state index in [9.17, 15) is 44.4 Å². The maximum absolute atomic E-state index is 13.3. The number of carboxylic acid groups (broad SMARTS) is 2. The second kappa shape index (κ2) is 13.0. The number of carbonyl (C=O) groups is 5. The van der Waals surface area contributed by atoms with Gasteiger partial charge in [-0.3, -0.25) is 4.79 Å². The van der Waals surface area contributed by atoms with Crippen LogP contribution < -0.4 is 9.47 Å². The third-order valence-electron chi connectivity index (χ3n) is 10.4. The third kappa shape index (κ3) is 5.54. The van der Waals surface area contributed by atoms with Crippen LogP contribution in [0, 0.1) is 11.8 Å². The number of methoxy groups -OCH3 is 1. The lowest BCUT2D eigenvalue weighted by molar-refractivity contribution is -0.188. The molecular formula is C35H36O15. The molecule has 0 amide bonds. The van der Waals surface area contributed by atoms with Gasteiger partial charge in [-0.15, -0.1) is 0 Å². The van der Waals surface area contributed by atoms with Gasteiger partial charge in [0, 0.05) is 11.1 Å². The molecule has 2 aromatic rings. The molecule has 0 saturated heterocycles. The number of carbonyl (C=O) groups excluding carboxylic acids is 3. The van der Waals surface area contributed by atoms with Crippen molar-refractivity contribution in [3.63, 3.8) is 0 Å². The van der Waals surface area contributed by atoms with Crippen molar-refractivity contribution in [2.45, 2.75) is 80.6 Å². The molecule has 1 spiro atoms. The minimum absolute atomic E-state index is 0.0393. The third-order valence-corrected chi connectivity index (χ3v) is 10.4. The number of benzene rings is 2. The van der Waals surface area contributed by atoms with Crippen LogP contribution in [0.1, 0.15) is 55.4 Å². The van der Waals surface area contributed by atoms with Gasteiger partial charge in [0.2, 0.25) is 12.2 Å². The summed E-state index contributed by atoms with van der Waals surface area (Å²) in [6.07, 6.45) is -7.92. The lowest BCUT2D eigenvalue weighted by Crippen LogP contribution is -2.69. The lowest BCUT2D eigenvalue weighted by Gasteiger charge is -2.61. The molecule has 1 aliphatic heterocycles. The maximum Gasteiger partial charge on any atom is 0.353 e. The molecule has 15 heteroatoms. The SMILES string of the molecule is COc1ccc2c3c1O[C@H]1C(OC(=O)[C@H](O)[C@@H](O)C(=O)O[C@H](C(=O)O[C@H](CC(=O)O)C(=O)O)c4ccccc4)=CC[C@@]4(O)[C@@H](C2)C(C)CC[C@]314. The highest BCUT2D eigenvalue weighted by atomic mass is 16.6. The smallest absolute Gasteiger partial charge is 0.353 e. The lowest BCUT2D eigenvalue weighted by atomic mass is 9.45. The highest BCUT2D eigenvalue weighted by molar-refractivity contribution is 5.89. The van der Waals surface area contributed by atoms with Crippen LogP contribution in [0.5, 0.6) is 11.5 Å². The Morgan fingerprint density at radius 1 is 0.960 bits per heavy atom. The Labute approximate surface area is 285 Å². The Morgan fingerprint density at radius 3 is 2.32 bits per heavy atom. The first-order valence-electron chi connectivity index (χ1n) is 16.0. The highest BCUT2D eigenvalue weighted by Gasteiger charge is 2.72. The van der Waals surface area contributed by atoms with Crippen LogP contribution in [-0.4, -0.2) is 92.5 Å². The zero-order valence-electron chi connectivity index (χ0n) is 27.0. The fourth-order valence-electron chi connectivity index (χ4n) is 8.00. The molecule has 0 aromatic heterocycles. The molecule has 5 N–H and O–H groups in total. The van der Waals surface area contributed by atoms with E-state index in [1.54, 1.807) is 12.1 Å². The molecule has 1 fully saturated rings. The number of aliphatic carboxylic acids is 2. The van der Waals surface area contributed by atoms with Gasteiger partial charge in [0.1, 0.15) is 5.76 Å². The molecule has 4 aliphatic rings. The van der Waals surface area contributed by atoms with Crippen molar-refractivity contribution in [1.29, 1.82) is 0 Å². The molecule has 1 heterocycles. The zero-order valence-corrected chi connectivity index (χ0v) is 27.0. The molecule has 2 bridgehead atoms. The number of rotatable bonds is 12. The Balaban J connectivity index is 1.21. The van der Waals surface area contributed by atoms with Crippen molar-refractivity contribution in [3.05, 3.63) is 71.0 Å². The molecule has 50 heavy (non-hydrogen) atoms. The van der Waals surface area contributed by atoms with E-state index in [1.165, 1.54) is 37.5 Å². The van der Waals surface area contributed by atoms with Crippen LogP contribution in [0.4, 0.5) is 0 Å². The first-order valence-corrected chi connectivity index (χ1v) is 16.0. The molecule has 2 aromatic carbocycles. The number of aliphatic hydroxyl groups excluding tert-OH is 2. The van der Waals surface area contributed by atoms with Crippen LogP contribution in [0.15, 0.2) is 54.3 Å². The summed E-state index contributed by atoms with van der Waals surface area (Å²) in [6, 6.07) is 10.8. The van der Waals surface area contributed by atoms with Crippen molar-refractivity contribution in [2.24, 2.45) is 11.8 Å². The highest BCUT2D eigenvalue weighted by Crippen LogP contribution is 2.68. The van der Waals surface area contributed by atoms with Crippen LogP contribution >= 0.6 is 0 Å². The second-order valence-corrected chi connectivity index (χ2v) is 13.1. The van der Waals surface area contributed by atoms with Crippen molar-refractivity contribution in [3.8, 4) is 11.5 Å². The quantitative estimate of drug-likeness (QED) is 0.156. The molecule has 266 valence electrons. The normalized spacial score (nSPS) is 27.9. The van der Waals surface area contributed by atoms with Gasteiger partial charge < -0.3 is 49.2 Å². The standard InChI is InChI=1S/C35H36O15/c1-16-10-12-34-24-18-8-9-20(46-2)28(24)49-29(34)21(11-13-35(34,45)19(16)14-18)47-31(42)25(38)26(39)32(43)50-27(17-6-4-3-5-7-17)33(44)48-22(30(40)41)15-23(36)37/h3-9,11,16,19,22,25-27,29,38-39,45H,10,12-15H2,1-2H3,(H,36,37)(H,40,41)/t16?,19-,22+,25+,26+,27-,29-,34-,35+/m0/s1. The van der Waals surface area contributed by atoms with E-state index >= 15 is 0 Å². The second-order valence-electron chi connectivity index (χ2n) is 13.1. The number of carboxylic acids is 2. The summed E-state index contributed by atoms with van der Waals surface area (Å²) in [4.78, 5) is 61.8. The summed E-state index contributed by atoms with van der Waals surface area (Å²) < 4.78 is 27.4. The van der Waals surface area contributed by atoms with E-state index in [-0.39, 0.29) is 29.6 Å². The molecule has 1 unspecified atom stereocenters. The van der Waals surface area contributed by atoms with Crippen molar-refractivity contribution in [2.75, 3.05) is 7.11 Å². The van der Waals surface area contributed by atoms with Crippen LogP contribution in [0.3, 0.4) is 0 Å². The molecule has 1 saturated carbocycles. The fourth-order valence-corrected chi connectivity index (χ4v) is 8.00.